The molecule has 0 spiro atoms. The second-order valence-corrected chi connectivity index (χ2v) is 9.00. The largest absolute Gasteiger partial charge is 0.495 e. The van der Waals surface area contributed by atoms with Gasteiger partial charge in [0.25, 0.3) is 0 Å². The summed E-state index contributed by atoms with van der Waals surface area (Å²) in [4.78, 5) is 35.9. The lowest BCUT2D eigenvalue weighted by molar-refractivity contribution is -0.159. The smallest absolute Gasteiger partial charge is 0.414 e. The van der Waals surface area contributed by atoms with E-state index in [0.29, 0.717) is 0 Å². The average Bonchev–Trinajstić information content (AvgIpc) is 3.18. The monoisotopic (exact) mass is 497 g/mol. The third kappa shape index (κ3) is 6.15. The lowest BCUT2D eigenvalue weighted by Gasteiger charge is -2.36. The molecule has 194 valence electrons. The van der Waals surface area contributed by atoms with Crippen molar-refractivity contribution in [2.45, 2.75) is 38.0 Å². The summed E-state index contributed by atoms with van der Waals surface area (Å²) < 4.78 is 5.52. The highest BCUT2D eigenvalue weighted by atomic mass is 16.5. The van der Waals surface area contributed by atoms with E-state index in [1.54, 1.807) is 7.11 Å². The fraction of sp³-hybridized carbons (Fsp3) is 0.444. The predicted octanol–water partition coefficient (Wildman–Crippen LogP) is 3.44. The number of carboxylic acid groups (broad SMARTS) is 2. The van der Waals surface area contributed by atoms with Gasteiger partial charge in [-0.1, -0.05) is 43.7 Å². The van der Waals surface area contributed by atoms with Gasteiger partial charge >= 0.3 is 11.9 Å². The first kappa shape index (κ1) is 27.0. The number of unbranched alkanes of at least 4 members (excludes halogenated alkanes) is 1. The number of rotatable bonds is 8. The van der Waals surface area contributed by atoms with Gasteiger partial charge in [0.1, 0.15) is 5.75 Å². The third-order valence-electron chi connectivity index (χ3n) is 7.04. The van der Waals surface area contributed by atoms with Crippen molar-refractivity contribution < 1.29 is 29.3 Å². The van der Waals surface area contributed by atoms with E-state index >= 15 is 0 Å². The van der Waals surface area contributed by atoms with Crippen LogP contribution in [0.2, 0.25) is 0 Å². The molecule has 9 nitrogen and oxygen atoms in total. The highest BCUT2D eigenvalue weighted by Gasteiger charge is 2.44. The Morgan fingerprint density at radius 1 is 0.972 bits per heavy atom. The van der Waals surface area contributed by atoms with Gasteiger partial charge in [-0.3, -0.25) is 9.69 Å². The molecule has 0 aliphatic carbocycles. The first-order valence-electron chi connectivity index (χ1n) is 12.3. The first-order valence-corrected chi connectivity index (χ1v) is 12.3. The number of hydrogen-bond donors (Lipinski definition) is 3. The molecular formula is C27H35N3O6. The average molecular weight is 498 g/mol. The van der Waals surface area contributed by atoms with E-state index in [9.17, 15) is 4.79 Å². The minimum atomic E-state index is -1.82. The van der Waals surface area contributed by atoms with E-state index < -0.39 is 11.9 Å². The van der Waals surface area contributed by atoms with Crippen LogP contribution >= 0.6 is 0 Å². The van der Waals surface area contributed by atoms with Gasteiger partial charge in [0, 0.05) is 31.9 Å². The standard InChI is InChI=1S/C25H33N3O2.C2H2O4/c1-3-25(20-10-4-5-11-21(20)26-24(25)29)14-8-9-15-27-16-18-28(19-17-27)22-12-6-7-13-23(22)30-2;3-1(4)2(5)6/h4-7,10-13H,3,8-9,14-19H2,1-2H3,(H,26,29);(H,3,4)(H,5,6). The predicted molar refractivity (Wildman–Crippen MR) is 138 cm³/mol. The minimum Gasteiger partial charge on any atom is -0.495 e. The van der Waals surface area contributed by atoms with Crippen molar-refractivity contribution in [2.24, 2.45) is 0 Å². The number of carbonyl (C=O) groups is 3. The molecule has 1 amide bonds. The van der Waals surface area contributed by atoms with Crippen LogP contribution in [0, 0.1) is 0 Å². The molecule has 2 aliphatic heterocycles. The van der Waals surface area contributed by atoms with Crippen LogP contribution in [0.1, 0.15) is 38.2 Å². The molecule has 1 saturated heterocycles. The Kier molecular flexibility index (Phi) is 9.30. The normalized spacial score (nSPS) is 19.1. The van der Waals surface area contributed by atoms with Crippen molar-refractivity contribution >= 4 is 29.2 Å². The summed E-state index contributed by atoms with van der Waals surface area (Å²) in [6.07, 6.45) is 3.98. The highest BCUT2D eigenvalue weighted by molar-refractivity contribution is 6.27. The number of carbonyl (C=O) groups excluding carboxylic acids is 1. The molecule has 2 aromatic rings. The second kappa shape index (κ2) is 12.4. The number of amides is 1. The van der Waals surface area contributed by atoms with Crippen LogP contribution < -0.4 is 15.0 Å². The number of benzene rings is 2. The molecule has 0 aromatic heterocycles. The van der Waals surface area contributed by atoms with Crippen molar-refractivity contribution in [1.82, 2.24) is 4.90 Å². The topological polar surface area (TPSA) is 119 Å². The zero-order chi connectivity index (χ0) is 26.1. The van der Waals surface area contributed by atoms with E-state index in [-0.39, 0.29) is 11.3 Å². The Labute approximate surface area is 211 Å². The molecule has 0 saturated carbocycles. The van der Waals surface area contributed by atoms with Gasteiger partial charge in [0.05, 0.1) is 18.2 Å². The molecule has 1 atom stereocenters. The van der Waals surface area contributed by atoms with Crippen molar-refractivity contribution in [3.63, 3.8) is 0 Å². The quantitative estimate of drug-likeness (QED) is 0.375. The Morgan fingerprint density at radius 3 is 2.25 bits per heavy atom. The number of nitrogens with zero attached hydrogens (tertiary/aromatic N) is 2. The fourth-order valence-electron chi connectivity index (χ4n) is 5.02. The van der Waals surface area contributed by atoms with Crippen molar-refractivity contribution in [3.05, 3.63) is 54.1 Å². The van der Waals surface area contributed by atoms with E-state index in [1.807, 2.05) is 30.3 Å². The lowest BCUT2D eigenvalue weighted by atomic mass is 9.75. The summed E-state index contributed by atoms with van der Waals surface area (Å²) in [6.45, 7) is 7.42. The molecule has 1 fully saturated rings. The van der Waals surface area contributed by atoms with Crippen molar-refractivity contribution in [1.29, 1.82) is 0 Å². The van der Waals surface area contributed by atoms with Gasteiger partial charge in [-0.25, -0.2) is 9.59 Å². The van der Waals surface area contributed by atoms with Crippen LogP contribution in [0.25, 0.3) is 0 Å². The molecule has 2 aromatic carbocycles. The first-order chi connectivity index (χ1) is 17.3. The summed E-state index contributed by atoms with van der Waals surface area (Å²) in [6, 6.07) is 16.4. The van der Waals surface area contributed by atoms with Crippen molar-refractivity contribution in [2.75, 3.05) is 50.1 Å². The molecule has 1 unspecified atom stereocenters. The number of methoxy groups -OCH3 is 1. The third-order valence-corrected chi connectivity index (χ3v) is 7.04. The van der Waals surface area contributed by atoms with Gasteiger partial charge in [-0.2, -0.15) is 0 Å². The molecular weight excluding hydrogens is 462 g/mol. The zero-order valence-corrected chi connectivity index (χ0v) is 20.9. The number of piperazine rings is 1. The molecule has 36 heavy (non-hydrogen) atoms. The summed E-state index contributed by atoms with van der Waals surface area (Å²) in [5, 5.41) is 17.9. The van der Waals surface area contributed by atoms with Gasteiger partial charge in [0.2, 0.25) is 5.91 Å². The molecule has 3 N–H and O–H groups in total. The van der Waals surface area contributed by atoms with Crippen LogP contribution in [0.15, 0.2) is 48.5 Å². The Balaban J connectivity index is 0.000000538. The molecule has 9 heteroatoms. The summed E-state index contributed by atoms with van der Waals surface area (Å²) >= 11 is 0. The number of carboxylic acids is 2. The second-order valence-electron chi connectivity index (χ2n) is 9.00. The molecule has 4 rings (SSSR count). The molecule has 2 aliphatic rings. The van der Waals surface area contributed by atoms with Gasteiger partial charge in [-0.05, 0) is 49.6 Å². The van der Waals surface area contributed by atoms with Gasteiger partial charge < -0.3 is 25.2 Å². The van der Waals surface area contributed by atoms with Crippen LogP contribution in [0.4, 0.5) is 11.4 Å². The van der Waals surface area contributed by atoms with E-state index in [1.165, 1.54) is 11.3 Å². The number of fused-ring (bicyclic) bond motifs is 1. The molecule has 0 radical (unpaired) electrons. The van der Waals surface area contributed by atoms with Crippen LogP contribution in [0.5, 0.6) is 5.75 Å². The Hall–Kier alpha value is -3.59. The molecule has 2 heterocycles. The van der Waals surface area contributed by atoms with Gasteiger partial charge in [0.15, 0.2) is 0 Å². The Bertz CT molecular complexity index is 1050. The lowest BCUT2D eigenvalue weighted by Crippen LogP contribution is -2.46. The van der Waals surface area contributed by atoms with E-state index in [4.69, 9.17) is 24.5 Å². The summed E-state index contributed by atoms with van der Waals surface area (Å²) in [5.41, 5.74) is 3.02. The van der Waals surface area contributed by atoms with E-state index in [2.05, 4.69) is 40.2 Å². The molecule has 0 bridgehead atoms. The maximum absolute atomic E-state index is 12.8. The number of para-hydroxylation sites is 3. The van der Waals surface area contributed by atoms with Crippen LogP contribution in [0.3, 0.4) is 0 Å². The number of hydrogen-bond acceptors (Lipinski definition) is 6. The fourth-order valence-corrected chi connectivity index (χ4v) is 5.02. The van der Waals surface area contributed by atoms with Crippen molar-refractivity contribution in [3.8, 4) is 5.75 Å². The number of ether oxygens (including phenoxy) is 1. The zero-order valence-electron chi connectivity index (χ0n) is 20.9. The van der Waals surface area contributed by atoms with E-state index in [0.717, 1.165) is 69.8 Å². The minimum absolute atomic E-state index is 0.177. The maximum Gasteiger partial charge on any atom is 0.414 e. The highest BCUT2D eigenvalue weighted by Crippen LogP contribution is 2.43. The van der Waals surface area contributed by atoms with Crippen LogP contribution in [-0.2, 0) is 19.8 Å². The van der Waals surface area contributed by atoms with Gasteiger partial charge in [-0.15, -0.1) is 0 Å². The summed E-state index contributed by atoms with van der Waals surface area (Å²) in [5.74, 6) is -2.52. The summed E-state index contributed by atoms with van der Waals surface area (Å²) in [7, 11) is 1.74. The number of aliphatic carboxylic acids is 2. The SMILES string of the molecule is CCC1(CCCCN2CCN(c3ccccc3OC)CC2)C(=O)Nc2ccccc21.O=C(O)C(=O)O. The van der Waals surface area contributed by atoms with Crippen LogP contribution in [-0.4, -0.2) is 72.8 Å². The number of anilines is 2. The number of nitrogens with one attached hydrogen (secondary N) is 1. The Morgan fingerprint density at radius 2 is 1.61 bits per heavy atom. The maximum atomic E-state index is 12.8.